The molecule has 1 aliphatic rings. The number of halogens is 2. The van der Waals surface area contributed by atoms with Crippen LogP contribution < -0.4 is 10.6 Å². The highest BCUT2D eigenvalue weighted by atomic mass is 35.5. The normalized spacial score (nSPS) is 17.4. The predicted molar refractivity (Wildman–Crippen MR) is 113 cm³/mol. The van der Waals surface area contributed by atoms with Crippen LogP contribution in [0.3, 0.4) is 0 Å². The number of amides is 2. The quantitative estimate of drug-likeness (QED) is 0.437. The van der Waals surface area contributed by atoms with Gasteiger partial charge in [-0.2, -0.15) is 0 Å². The first-order valence-electron chi connectivity index (χ1n) is 8.69. The van der Waals surface area contributed by atoms with Crippen molar-refractivity contribution in [1.29, 1.82) is 0 Å². The van der Waals surface area contributed by atoms with Crippen LogP contribution in [0.1, 0.15) is 17.5 Å². The Hall–Kier alpha value is -1.40. The van der Waals surface area contributed by atoms with E-state index in [9.17, 15) is 4.79 Å². The standard InChI is InChI=1S/C20H22Cl2N2O2S/c1-26-12-15-6-4-5-14(9-15)11-23-19(25)24-17-7-2-3-8-18(17)27-13-16-10-20(16,21)22/h2-9,16H,10-13H2,1H3,(H2,23,24,25). The monoisotopic (exact) mass is 424 g/mol. The van der Waals surface area contributed by atoms with Gasteiger partial charge in [-0.05, 0) is 29.7 Å². The molecule has 1 aliphatic carbocycles. The van der Waals surface area contributed by atoms with E-state index in [1.165, 1.54) is 0 Å². The Morgan fingerprint density at radius 2 is 1.96 bits per heavy atom. The molecule has 4 nitrogen and oxygen atoms in total. The average molecular weight is 425 g/mol. The van der Waals surface area contributed by atoms with Gasteiger partial charge in [0.1, 0.15) is 4.33 Å². The van der Waals surface area contributed by atoms with E-state index in [0.29, 0.717) is 19.1 Å². The number of hydrogen-bond donors (Lipinski definition) is 2. The molecular formula is C20H22Cl2N2O2S. The first kappa shape index (κ1) is 20.3. The van der Waals surface area contributed by atoms with Gasteiger partial charge < -0.3 is 15.4 Å². The Morgan fingerprint density at radius 1 is 1.22 bits per heavy atom. The molecule has 1 atom stereocenters. The fraction of sp³-hybridized carbons (Fsp3) is 0.350. The van der Waals surface area contributed by atoms with Crippen molar-refractivity contribution in [3.63, 3.8) is 0 Å². The molecule has 0 aromatic heterocycles. The van der Waals surface area contributed by atoms with Crippen LogP contribution in [0, 0.1) is 5.92 Å². The highest BCUT2D eigenvalue weighted by Gasteiger charge is 2.51. The number of rotatable bonds is 8. The molecule has 0 heterocycles. The summed E-state index contributed by atoms with van der Waals surface area (Å²) in [6.45, 7) is 0.999. The summed E-state index contributed by atoms with van der Waals surface area (Å²) in [4.78, 5) is 13.3. The molecule has 27 heavy (non-hydrogen) atoms. The molecule has 144 valence electrons. The maximum Gasteiger partial charge on any atom is 0.319 e. The number of thioether (sulfide) groups is 1. The van der Waals surface area contributed by atoms with Crippen LogP contribution in [0.4, 0.5) is 10.5 Å². The van der Waals surface area contributed by atoms with E-state index < -0.39 is 4.33 Å². The molecule has 1 saturated carbocycles. The van der Waals surface area contributed by atoms with E-state index in [1.54, 1.807) is 18.9 Å². The van der Waals surface area contributed by atoms with Crippen LogP contribution in [0.25, 0.3) is 0 Å². The van der Waals surface area contributed by atoms with E-state index in [1.807, 2.05) is 48.5 Å². The Balaban J connectivity index is 1.52. The lowest BCUT2D eigenvalue weighted by Gasteiger charge is -2.12. The summed E-state index contributed by atoms with van der Waals surface area (Å²) in [5, 5.41) is 5.82. The van der Waals surface area contributed by atoms with Crippen molar-refractivity contribution in [3.8, 4) is 0 Å². The molecule has 2 aromatic rings. The number of benzene rings is 2. The molecule has 0 spiro atoms. The molecule has 2 amide bonds. The van der Waals surface area contributed by atoms with E-state index in [2.05, 4.69) is 10.6 Å². The third kappa shape index (κ3) is 6.04. The number of carbonyl (C=O) groups excluding carboxylic acids is 1. The van der Waals surface area contributed by atoms with Crippen molar-refractivity contribution >= 4 is 46.7 Å². The number of ether oxygens (including phenoxy) is 1. The summed E-state index contributed by atoms with van der Waals surface area (Å²) < 4.78 is 4.56. The van der Waals surface area contributed by atoms with Crippen LogP contribution in [-0.2, 0) is 17.9 Å². The molecule has 2 N–H and O–H groups in total. The minimum atomic E-state index is -0.579. The second kappa shape index (κ2) is 9.20. The number of urea groups is 1. The molecular weight excluding hydrogens is 403 g/mol. The number of carbonyl (C=O) groups is 1. The average Bonchev–Trinajstić information content (AvgIpc) is 3.26. The summed E-state index contributed by atoms with van der Waals surface area (Å²) in [5.74, 6) is 1.13. The molecule has 1 unspecified atom stereocenters. The molecule has 3 rings (SSSR count). The second-order valence-corrected chi connectivity index (χ2v) is 9.13. The van der Waals surface area contributed by atoms with E-state index >= 15 is 0 Å². The Labute approximate surface area is 174 Å². The third-order valence-electron chi connectivity index (χ3n) is 4.29. The van der Waals surface area contributed by atoms with Crippen molar-refractivity contribution in [2.24, 2.45) is 5.92 Å². The zero-order valence-corrected chi connectivity index (χ0v) is 17.3. The third-order valence-corrected chi connectivity index (χ3v) is 6.45. The fourth-order valence-corrected chi connectivity index (χ4v) is 4.62. The fourth-order valence-electron chi connectivity index (χ4n) is 2.68. The highest BCUT2D eigenvalue weighted by Crippen LogP contribution is 2.55. The van der Waals surface area contributed by atoms with Gasteiger partial charge in [-0.1, -0.05) is 36.4 Å². The molecule has 2 aromatic carbocycles. The van der Waals surface area contributed by atoms with Crippen LogP contribution >= 0.6 is 35.0 Å². The van der Waals surface area contributed by atoms with Gasteiger partial charge in [-0.25, -0.2) is 4.79 Å². The van der Waals surface area contributed by atoms with Crippen LogP contribution in [0.5, 0.6) is 0 Å². The van der Waals surface area contributed by atoms with Crippen LogP contribution in [0.15, 0.2) is 53.4 Å². The largest absolute Gasteiger partial charge is 0.380 e. The van der Waals surface area contributed by atoms with Crippen LogP contribution in [0.2, 0.25) is 0 Å². The lowest BCUT2D eigenvalue weighted by molar-refractivity contribution is 0.185. The van der Waals surface area contributed by atoms with Gasteiger partial charge in [-0.15, -0.1) is 35.0 Å². The number of alkyl halides is 2. The first-order chi connectivity index (χ1) is 13.0. The number of anilines is 1. The number of para-hydroxylation sites is 1. The minimum Gasteiger partial charge on any atom is -0.380 e. The Morgan fingerprint density at radius 3 is 2.70 bits per heavy atom. The Kier molecular flexibility index (Phi) is 6.93. The molecule has 0 aliphatic heterocycles. The summed E-state index contributed by atoms with van der Waals surface area (Å²) >= 11 is 13.8. The van der Waals surface area contributed by atoms with Crippen molar-refractivity contribution < 1.29 is 9.53 Å². The summed E-state index contributed by atoms with van der Waals surface area (Å²) in [6.07, 6.45) is 0.821. The molecule has 7 heteroatoms. The van der Waals surface area contributed by atoms with Crippen LogP contribution in [-0.4, -0.2) is 23.2 Å². The maximum absolute atomic E-state index is 12.3. The number of nitrogens with one attached hydrogen (secondary N) is 2. The van der Waals surface area contributed by atoms with Gasteiger partial charge in [0.05, 0.1) is 12.3 Å². The predicted octanol–water partition coefficient (Wildman–Crippen LogP) is 5.44. The van der Waals surface area contributed by atoms with Crippen molar-refractivity contribution in [1.82, 2.24) is 5.32 Å². The summed E-state index contributed by atoms with van der Waals surface area (Å²) in [6, 6.07) is 15.4. The molecule has 0 bridgehead atoms. The lowest BCUT2D eigenvalue weighted by Crippen LogP contribution is -2.28. The van der Waals surface area contributed by atoms with Gasteiger partial charge in [0, 0.05) is 30.2 Å². The maximum atomic E-state index is 12.3. The molecule has 0 saturated heterocycles. The van der Waals surface area contributed by atoms with Gasteiger partial charge in [0.15, 0.2) is 0 Å². The lowest BCUT2D eigenvalue weighted by atomic mass is 10.1. The minimum absolute atomic E-state index is 0.240. The van der Waals surface area contributed by atoms with E-state index in [0.717, 1.165) is 33.9 Å². The van der Waals surface area contributed by atoms with Gasteiger partial charge in [0.25, 0.3) is 0 Å². The first-order valence-corrected chi connectivity index (χ1v) is 10.4. The van der Waals surface area contributed by atoms with Gasteiger partial charge in [0.2, 0.25) is 0 Å². The zero-order chi connectivity index (χ0) is 19.3. The summed E-state index contributed by atoms with van der Waals surface area (Å²) in [7, 11) is 1.66. The highest BCUT2D eigenvalue weighted by molar-refractivity contribution is 7.99. The number of methoxy groups -OCH3 is 1. The Bertz CT molecular complexity index is 801. The van der Waals surface area contributed by atoms with Crippen molar-refractivity contribution in [2.75, 3.05) is 18.2 Å². The van der Waals surface area contributed by atoms with Gasteiger partial charge in [-0.3, -0.25) is 0 Å². The summed E-state index contributed by atoms with van der Waals surface area (Å²) in [5.41, 5.74) is 2.88. The van der Waals surface area contributed by atoms with Crippen molar-refractivity contribution in [3.05, 3.63) is 59.7 Å². The number of hydrogen-bond acceptors (Lipinski definition) is 3. The molecule has 0 radical (unpaired) electrons. The van der Waals surface area contributed by atoms with Gasteiger partial charge >= 0.3 is 6.03 Å². The van der Waals surface area contributed by atoms with Crippen molar-refractivity contribution in [2.45, 2.75) is 28.8 Å². The second-order valence-electron chi connectivity index (χ2n) is 6.53. The SMILES string of the molecule is COCc1cccc(CNC(=O)Nc2ccccc2SCC2CC2(Cl)Cl)c1. The topological polar surface area (TPSA) is 50.4 Å². The van der Waals surface area contributed by atoms with E-state index in [4.69, 9.17) is 27.9 Å². The molecule has 1 fully saturated rings. The van der Waals surface area contributed by atoms with E-state index in [-0.39, 0.29) is 6.03 Å². The smallest absolute Gasteiger partial charge is 0.319 e. The zero-order valence-electron chi connectivity index (χ0n) is 15.0.